The summed E-state index contributed by atoms with van der Waals surface area (Å²) < 4.78 is 7.62. The fraction of sp³-hybridized carbons (Fsp3) is 0.263. The maximum atomic E-state index is 12.5. The number of hydrogen-bond acceptors (Lipinski definition) is 4. The van der Waals surface area contributed by atoms with Crippen molar-refractivity contribution in [2.45, 2.75) is 33.9 Å². The number of anilines is 1. The average molecular weight is 390 g/mol. The van der Waals surface area contributed by atoms with Gasteiger partial charge in [-0.25, -0.2) is 0 Å². The molecule has 0 aliphatic heterocycles. The first-order chi connectivity index (χ1) is 12.5. The Hall–Kier alpha value is -2.31. The molecule has 0 atom stereocenters. The summed E-state index contributed by atoms with van der Waals surface area (Å²) in [6.45, 7) is 7.06. The molecule has 0 fully saturated rings. The second kappa shape index (κ2) is 7.93. The molecule has 26 heavy (non-hydrogen) atoms. The van der Waals surface area contributed by atoms with Crippen LogP contribution >= 0.6 is 22.9 Å². The predicted molar refractivity (Wildman–Crippen MR) is 105 cm³/mol. The van der Waals surface area contributed by atoms with Crippen molar-refractivity contribution in [3.8, 4) is 5.75 Å². The van der Waals surface area contributed by atoms with Crippen molar-refractivity contribution >= 4 is 34.5 Å². The van der Waals surface area contributed by atoms with Crippen molar-refractivity contribution in [3.05, 3.63) is 62.6 Å². The molecule has 0 unspecified atom stereocenters. The van der Waals surface area contributed by atoms with Crippen LogP contribution in [0.4, 0.5) is 5.69 Å². The summed E-state index contributed by atoms with van der Waals surface area (Å²) in [7, 11) is 0. The van der Waals surface area contributed by atoms with Gasteiger partial charge in [-0.05, 0) is 49.9 Å². The zero-order valence-electron chi connectivity index (χ0n) is 14.9. The number of carbonyl (C=O) groups excluding carboxylic acids is 1. The quantitative estimate of drug-likeness (QED) is 0.640. The van der Waals surface area contributed by atoms with Crippen LogP contribution in [-0.4, -0.2) is 15.7 Å². The molecule has 0 saturated heterocycles. The van der Waals surface area contributed by atoms with Crippen molar-refractivity contribution < 1.29 is 9.53 Å². The molecule has 0 radical (unpaired) electrons. The highest BCUT2D eigenvalue weighted by Crippen LogP contribution is 2.27. The maximum absolute atomic E-state index is 12.5. The van der Waals surface area contributed by atoms with Gasteiger partial charge in [-0.15, -0.1) is 11.3 Å². The lowest BCUT2D eigenvalue weighted by molar-refractivity contribution is 0.103. The van der Waals surface area contributed by atoms with Crippen molar-refractivity contribution in [2.24, 2.45) is 0 Å². The number of hydrogen-bond donors (Lipinski definition) is 1. The van der Waals surface area contributed by atoms with Crippen molar-refractivity contribution in [2.75, 3.05) is 5.32 Å². The molecule has 5 nitrogen and oxygen atoms in total. The Morgan fingerprint density at radius 1 is 1.35 bits per heavy atom. The lowest BCUT2D eigenvalue weighted by atomic mass is 10.2. The summed E-state index contributed by atoms with van der Waals surface area (Å²) >= 11 is 7.53. The largest absolute Gasteiger partial charge is 0.487 e. The summed E-state index contributed by atoms with van der Waals surface area (Å²) in [5.41, 5.74) is 3.68. The Bertz CT molecular complexity index is 933. The minimum Gasteiger partial charge on any atom is -0.487 e. The van der Waals surface area contributed by atoms with E-state index in [0.29, 0.717) is 22.3 Å². The average Bonchev–Trinajstić information content (AvgIpc) is 3.23. The number of halogens is 1. The number of aryl methyl sites for hydroxylation is 2. The van der Waals surface area contributed by atoms with E-state index in [4.69, 9.17) is 16.3 Å². The van der Waals surface area contributed by atoms with Crippen LogP contribution in [0, 0.1) is 13.8 Å². The lowest BCUT2D eigenvalue weighted by Gasteiger charge is -2.07. The van der Waals surface area contributed by atoms with Gasteiger partial charge in [0.1, 0.15) is 12.4 Å². The molecule has 0 aliphatic rings. The second-order valence-electron chi connectivity index (χ2n) is 5.96. The molecule has 0 bridgehead atoms. The third-order valence-electron chi connectivity index (χ3n) is 4.01. The summed E-state index contributed by atoms with van der Waals surface area (Å²) in [5.74, 6) is 0.500. The zero-order valence-corrected chi connectivity index (χ0v) is 16.4. The van der Waals surface area contributed by atoms with Crippen LogP contribution < -0.4 is 10.1 Å². The Labute approximate surface area is 161 Å². The van der Waals surface area contributed by atoms with Crippen molar-refractivity contribution in [1.82, 2.24) is 9.78 Å². The minimum absolute atomic E-state index is 0.145. The molecule has 0 spiro atoms. The maximum Gasteiger partial charge on any atom is 0.265 e. The molecule has 0 aliphatic carbocycles. The minimum atomic E-state index is -0.145. The van der Waals surface area contributed by atoms with Gasteiger partial charge < -0.3 is 10.1 Å². The van der Waals surface area contributed by atoms with Gasteiger partial charge in [-0.3, -0.25) is 9.48 Å². The third-order valence-corrected chi connectivity index (χ3v) is 5.30. The van der Waals surface area contributed by atoms with Gasteiger partial charge >= 0.3 is 0 Å². The topological polar surface area (TPSA) is 56.2 Å². The highest BCUT2D eigenvalue weighted by Gasteiger charge is 2.13. The molecule has 136 valence electrons. The van der Waals surface area contributed by atoms with Gasteiger partial charge in [0, 0.05) is 12.1 Å². The first-order valence-corrected chi connectivity index (χ1v) is 9.53. The normalized spacial score (nSPS) is 10.8. The van der Waals surface area contributed by atoms with E-state index in [-0.39, 0.29) is 5.91 Å². The lowest BCUT2D eigenvalue weighted by Crippen LogP contribution is -2.11. The molecule has 7 heteroatoms. The molecule has 2 aromatic heterocycles. The number of amides is 1. The Kier molecular flexibility index (Phi) is 5.64. The van der Waals surface area contributed by atoms with Crippen LogP contribution in [0.5, 0.6) is 5.75 Å². The number of benzene rings is 1. The number of rotatable bonds is 6. The number of carbonyl (C=O) groups is 1. The first kappa shape index (κ1) is 18.5. The highest BCUT2D eigenvalue weighted by molar-refractivity contribution is 7.12. The number of nitrogens with zero attached hydrogens (tertiary/aromatic N) is 2. The van der Waals surface area contributed by atoms with E-state index in [1.807, 2.05) is 55.1 Å². The van der Waals surface area contributed by atoms with E-state index in [2.05, 4.69) is 10.4 Å². The molecule has 3 rings (SSSR count). The molecule has 2 heterocycles. The molecule has 1 amide bonds. The van der Waals surface area contributed by atoms with E-state index in [9.17, 15) is 4.79 Å². The van der Waals surface area contributed by atoms with Crippen LogP contribution in [0.3, 0.4) is 0 Å². The summed E-state index contributed by atoms with van der Waals surface area (Å²) in [5, 5.41) is 9.64. The van der Waals surface area contributed by atoms with Crippen LogP contribution in [-0.2, 0) is 13.2 Å². The molecule has 1 N–H and O–H groups in total. The second-order valence-corrected chi connectivity index (χ2v) is 7.27. The third kappa shape index (κ3) is 4.08. The predicted octanol–water partition coefficient (Wildman–Crippen LogP) is 5.07. The molecule has 1 aromatic carbocycles. The van der Waals surface area contributed by atoms with E-state index in [1.54, 1.807) is 6.20 Å². The Balaban J connectivity index is 1.64. The summed E-state index contributed by atoms with van der Waals surface area (Å²) in [4.78, 5) is 13.1. The van der Waals surface area contributed by atoms with Gasteiger partial charge in [0.05, 0.1) is 27.5 Å². The standard InChI is InChI=1S/C19H20ClN3O2S/c1-4-23-13(3)16(9-21-23)22-19(24)18-8-14(11-26-18)10-25-17-7-12(2)5-6-15(17)20/h5-9,11H,4,10H2,1-3H3,(H,22,24). The first-order valence-electron chi connectivity index (χ1n) is 8.28. The van der Waals surface area contributed by atoms with Crippen LogP contribution in [0.25, 0.3) is 0 Å². The van der Waals surface area contributed by atoms with Gasteiger partial charge in [0.25, 0.3) is 5.91 Å². The van der Waals surface area contributed by atoms with E-state index < -0.39 is 0 Å². The SMILES string of the molecule is CCn1ncc(NC(=O)c2cc(COc3cc(C)ccc3Cl)cs2)c1C. The summed E-state index contributed by atoms with van der Waals surface area (Å²) in [6.07, 6.45) is 1.67. The summed E-state index contributed by atoms with van der Waals surface area (Å²) in [6, 6.07) is 7.49. The van der Waals surface area contributed by atoms with Gasteiger partial charge in [-0.1, -0.05) is 17.7 Å². The van der Waals surface area contributed by atoms with Crippen LogP contribution in [0.15, 0.2) is 35.8 Å². The van der Waals surface area contributed by atoms with Crippen molar-refractivity contribution in [1.29, 1.82) is 0 Å². The Morgan fingerprint density at radius 3 is 2.88 bits per heavy atom. The van der Waals surface area contributed by atoms with Gasteiger partial charge in [0.15, 0.2) is 0 Å². The number of thiophene rings is 1. The fourth-order valence-corrected chi connectivity index (χ4v) is 3.49. The molecule has 3 aromatic rings. The fourth-order valence-electron chi connectivity index (χ4n) is 2.52. The van der Waals surface area contributed by atoms with Gasteiger partial charge in [0.2, 0.25) is 0 Å². The number of ether oxygens (including phenoxy) is 1. The number of aromatic nitrogens is 2. The smallest absolute Gasteiger partial charge is 0.265 e. The van der Waals surface area contributed by atoms with Crippen LogP contribution in [0.1, 0.15) is 33.4 Å². The molecule has 0 saturated carbocycles. The Morgan fingerprint density at radius 2 is 2.15 bits per heavy atom. The van der Waals surface area contributed by atoms with Crippen LogP contribution in [0.2, 0.25) is 5.02 Å². The van der Waals surface area contributed by atoms with Crippen molar-refractivity contribution in [3.63, 3.8) is 0 Å². The number of nitrogens with one attached hydrogen (secondary N) is 1. The molecular formula is C19H20ClN3O2S. The highest BCUT2D eigenvalue weighted by atomic mass is 35.5. The molecular weight excluding hydrogens is 370 g/mol. The van der Waals surface area contributed by atoms with Gasteiger partial charge in [-0.2, -0.15) is 5.10 Å². The monoisotopic (exact) mass is 389 g/mol. The van der Waals surface area contributed by atoms with E-state index in [0.717, 1.165) is 29.1 Å². The van der Waals surface area contributed by atoms with E-state index in [1.165, 1.54) is 11.3 Å². The van der Waals surface area contributed by atoms with E-state index >= 15 is 0 Å². The zero-order chi connectivity index (χ0) is 18.7.